The molecule has 0 spiro atoms. The summed E-state index contributed by atoms with van der Waals surface area (Å²) in [4.78, 5) is 20.9. The highest BCUT2D eigenvalue weighted by atomic mass is 127. The van der Waals surface area contributed by atoms with Crippen molar-refractivity contribution in [2.75, 3.05) is 6.54 Å². The van der Waals surface area contributed by atoms with Crippen molar-refractivity contribution in [3.8, 4) is 0 Å². The van der Waals surface area contributed by atoms with Gasteiger partial charge in [0.25, 0.3) is 0 Å². The second-order valence-corrected chi connectivity index (χ2v) is 4.13. The first-order valence-electron chi connectivity index (χ1n) is 3.82. The maximum absolute atomic E-state index is 10.8. The van der Waals surface area contributed by atoms with E-state index in [0.717, 1.165) is 0 Å². The lowest BCUT2D eigenvalue weighted by atomic mass is 10.3. The van der Waals surface area contributed by atoms with Crippen LogP contribution in [0.15, 0.2) is 0 Å². The van der Waals surface area contributed by atoms with Crippen LogP contribution in [-0.4, -0.2) is 27.8 Å². The minimum atomic E-state index is -0.863. The normalized spacial score (nSPS) is 11.8. The van der Waals surface area contributed by atoms with Gasteiger partial charge >= 0.3 is 12.1 Å². The van der Waals surface area contributed by atoms with Crippen LogP contribution in [0.4, 0.5) is 4.79 Å². The molecule has 76 valence electrons. The number of nitrogens with one attached hydrogen (secondary N) is 1. The Morgan fingerprint density at radius 2 is 2.23 bits per heavy atom. The van der Waals surface area contributed by atoms with Crippen LogP contribution >= 0.6 is 22.6 Å². The van der Waals surface area contributed by atoms with Crippen molar-refractivity contribution in [3.63, 3.8) is 0 Å². The minimum absolute atomic E-state index is 0.0556. The van der Waals surface area contributed by atoms with E-state index in [1.165, 1.54) is 0 Å². The molecule has 0 heterocycles. The average Bonchev–Trinajstić information content (AvgIpc) is 1.96. The van der Waals surface area contributed by atoms with Gasteiger partial charge in [0.15, 0.2) is 4.11 Å². The molecule has 2 N–H and O–H groups in total. The van der Waals surface area contributed by atoms with Gasteiger partial charge in [-0.1, -0.05) is 0 Å². The van der Waals surface area contributed by atoms with Crippen LogP contribution in [0.1, 0.15) is 19.8 Å². The number of rotatable bonds is 5. The van der Waals surface area contributed by atoms with Gasteiger partial charge in [-0.2, -0.15) is 0 Å². The van der Waals surface area contributed by atoms with Crippen molar-refractivity contribution in [1.82, 2.24) is 5.32 Å². The van der Waals surface area contributed by atoms with Crippen molar-refractivity contribution < 1.29 is 19.4 Å². The van der Waals surface area contributed by atoms with Gasteiger partial charge in [0, 0.05) is 13.0 Å². The van der Waals surface area contributed by atoms with Crippen LogP contribution in [0, 0.1) is 0 Å². The van der Waals surface area contributed by atoms with E-state index in [0.29, 0.717) is 13.0 Å². The van der Waals surface area contributed by atoms with E-state index in [9.17, 15) is 9.59 Å². The summed E-state index contributed by atoms with van der Waals surface area (Å²) in [7, 11) is 0. The summed E-state index contributed by atoms with van der Waals surface area (Å²) >= 11 is 1.95. The van der Waals surface area contributed by atoms with E-state index >= 15 is 0 Å². The fraction of sp³-hybridized carbons (Fsp3) is 0.714. The summed E-state index contributed by atoms with van der Waals surface area (Å²) in [6.45, 7) is 2.06. The van der Waals surface area contributed by atoms with Crippen molar-refractivity contribution in [3.05, 3.63) is 0 Å². The quantitative estimate of drug-likeness (QED) is 0.457. The fourth-order valence-corrected chi connectivity index (χ4v) is 0.850. The number of halogens is 1. The second-order valence-electron chi connectivity index (χ2n) is 2.37. The van der Waals surface area contributed by atoms with Crippen LogP contribution in [0.2, 0.25) is 0 Å². The molecule has 0 aromatic carbocycles. The summed E-state index contributed by atoms with van der Waals surface area (Å²) in [5.41, 5.74) is 0. The van der Waals surface area contributed by atoms with E-state index in [4.69, 9.17) is 9.84 Å². The summed E-state index contributed by atoms with van der Waals surface area (Å²) in [5, 5.41) is 10.7. The molecule has 0 saturated heterocycles. The van der Waals surface area contributed by atoms with Crippen molar-refractivity contribution in [2.24, 2.45) is 0 Å². The summed E-state index contributed by atoms with van der Waals surface area (Å²) in [5.74, 6) is -0.863. The molecule has 0 aliphatic carbocycles. The van der Waals surface area contributed by atoms with Crippen LogP contribution in [0.3, 0.4) is 0 Å². The predicted molar refractivity (Wildman–Crippen MR) is 54.8 cm³/mol. The standard InChI is InChI=1S/C7H12INO4/c1-5(8)13-7(12)9-4-2-3-6(10)11/h5H,2-4H2,1H3,(H,9,12)(H,10,11). The zero-order chi connectivity index (χ0) is 10.3. The number of alkyl halides is 1. The zero-order valence-corrected chi connectivity index (χ0v) is 9.41. The largest absolute Gasteiger partial charge is 0.481 e. The molecule has 0 aromatic heterocycles. The monoisotopic (exact) mass is 301 g/mol. The first-order chi connectivity index (χ1) is 6.02. The molecule has 6 heteroatoms. The lowest BCUT2D eigenvalue weighted by molar-refractivity contribution is -0.137. The van der Waals surface area contributed by atoms with Gasteiger partial charge in [0.2, 0.25) is 0 Å². The van der Waals surface area contributed by atoms with E-state index in [1.54, 1.807) is 6.92 Å². The highest BCUT2D eigenvalue weighted by Gasteiger charge is 2.04. The van der Waals surface area contributed by atoms with Crippen LogP contribution < -0.4 is 5.32 Å². The SMILES string of the molecule is CC(I)OC(=O)NCCCC(=O)O. The van der Waals surface area contributed by atoms with Gasteiger partial charge in [-0.05, 0) is 35.9 Å². The van der Waals surface area contributed by atoms with E-state index < -0.39 is 12.1 Å². The summed E-state index contributed by atoms with van der Waals surface area (Å²) in [6.07, 6.45) is -0.0348. The van der Waals surface area contributed by atoms with Gasteiger partial charge in [-0.15, -0.1) is 0 Å². The molecule has 0 aromatic rings. The lowest BCUT2D eigenvalue weighted by Crippen LogP contribution is -2.27. The number of hydrogen-bond donors (Lipinski definition) is 2. The van der Waals surface area contributed by atoms with Crippen molar-refractivity contribution in [2.45, 2.75) is 23.9 Å². The molecule has 0 saturated carbocycles. The van der Waals surface area contributed by atoms with Gasteiger partial charge in [-0.3, -0.25) is 4.79 Å². The molecule has 0 fully saturated rings. The maximum atomic E-state index is 10.8. The number of alkyl carbamates (subject to hydrolysis) is 1. The fourth-order valence-electron chi connectivity index (χ4n) is 0.619. The maximum Gasteiger partial charge on any atom is 0.408 e. The molecule has 13 heavy (non-hydrogen) atoms. The Hall–Kier alpha value is -0.530. The molecule has 0 aliphatic rings. The van der Waals surface area contributed by atoms with Gasteiger partial charge in [0.1, 0.15) is 0 Å². The number of ether oxygens (including phenoxy) is 1. The zero-order valence-electron chi connectivity index (χ0n) is 7.25. The third-order valence-electron chi connectivity index (χ3n) is 1.11. The Kier molecular flexibility index (Phi) is 6.65. The molecular weight excluding hydrogens is 289 g/mol. The number of carboxylic acid groups (broad SMARTS) is 1. The molecule has 5 nitrogen and oxygen atoms in total. The first kappa shape index (κ1) is 12.5. The Morgan fingerprint density at radius 3 is 2.69 bits per heavy atom. The Morgan fingerprint density at radius 1 is 1.62 bits per heavy atom. The summed E-state index contributed by atoms with van der Waals surface area (Å²) < 4.78 is 4.56. The Labute approximate surface area is 90.0 Å². The third-order valence-corrected chi connectivity index (χ3v) is 1.36. The molecule has 1 unspecified atom stereocenters. The highest BCUT2D eigenvalue weighted by Crippen LogP contribution is 1.99. The Balaban J connectivity index is 3.32. The Bertz CT molecular complexity index is 183. The molecule has 0 rings (SSSR count). The van der Waals surface area contributed by atoms with Gasteiger partial charge < -0.3 is 15.2 Å². The topological polar surface area (TPSA) is 75.6 Å². The number of carboxylic acids is 1. The van der Waals surface area contributed by atoms with Gasteiger partial charge in [0.05, 0.1) is 0 Å². The minimum Gasteiger partial charge on any atom is -0.481 e. The number of aliphatic carboxylic acids is 1. The number of carbonyl (C=O) groups excluding carboxylic acids is 1. The predicted octanol–water partition coefficient (Wildman–Crippen LogP) is 1.36. The van der Waals surface area contributed by atoms with E-state index in [1.807, 2.05) is 22.6 Å². The molecule has 1 atom stereocenters. The molecule has 1 amide bonds. The van der Waals surface area contributed by atoms with E-state index in [2.05, 4.69) is 5.32 Å². The van der Waals surface area contributed by atoms with Crippen LogP contribution in [-0.2, 0) is 9.53 Å². The van der Waals surface area contributed by atoms with E-state index in [-0.39, 0.29) is 10.5 Å². The number of amides is 1. The molecule has 0 aliphatic heterocycles. The molecule has 0 bridgehead atoms. The average molecular weight is 301 g/mol. The smallest absolute Gasteiger partial charge is 0.408 e. The number of hydrogen-bond acceptors (Lipinski definition) is 3. The summed E-state index contributed by atoms with van der Waals surface area (Å²) in [6, 6.07) is 0. The van der Waals surface area contributed by atoms with Gasteiger partial charge in [-0.25, -0.2) is 4.79 Å². The first-order valence-corrected chi connectivity index (χ1v) is 5.07. The molecular formula is C7H12INO4. The lowest BCUT2D eigenvalue weighted by Gasteiger charge is -2.07. The van der Waals surface area contributed by atoms with Crippen molar-refractivity contribution >= 4 is 34.7 Å². The highest BCUT2D eigenvalue weighted by molar-refractivity contribution is 14.1. The third kappa shape index (κ3) is 9.38. The van der Waals surface area contributed by atoms with Crippen LogP contribution in [0.5, 0.6) is 0 Å². The van der Waals surface area contributed by atoms with Crippen LogP contribution in [0.25, 0.3) is 0 Å². The number of carbonyl (C=O) groups is 2. The van der Waals surface area contributed by atoms with Crippen molar-refractivity contribution in [1.29, 1.82) is 0 Å². The molecule has 0 radical (unpaired) electrons. The second kappa shape index (κ2) is 6.93.